The molecule has 5 rings (SSSR count). The van der Waals surface area contributed by atoms with Crippen LogP contribution in [0.15, 0.2) is 50.1 Å². The number of rotatable bonds is 5. The van der Waals surface area contributed by atoms with E-state index in [0.717, 1.165) is 27.9 Å². The number of aliphatic hydroxyl groups is 1. The third kappa shape index (κ3) is 3.39. The first kappa shape index (κ1) is 21.0. The van der Waals surface area contributed by atoms with Crippen LogP contribution in [-0.2, 0) is 13.2 Å². The van der Waals surface area contributed by atoms with Crippen LogP contribution in [0.3, 0.4) is 0 Å². The van der Waals surface area contributed by atoms with E-state index < -0.39 is 5.76 Å². The molecule has 0 saturated heterocycles. The second-order valence-electron chi connectivity index (χ2n) is 8.10. The molecule has 2 aromatic carbocycles. The molecule has 3 aromatic heterocycles. The van der Waals surface area contributed by atoms with Gasteiger partial charge in [0.2, 0.25) is 0 Å². The zero-order valence-corrected chi connectivity index (χ0v) is 18.8. The predicted molar refractivity (Wildman–Crippen MR) is 124 cm³/mol. The maximum absolute atomic E-state index is 12.9. The first-order chi connectivity index (χ1) is 15.9. The van der Waals surface area contributed by atoms with Crippen LogP contribution in [0.4, 0.5) is 0 Å². The quantitative estimate of drug-likeness (QED) is 0.431. The van der Waals surface area contributed by atoms with Gasteiger partial charge in [0.25, 0.3) is 0 Å². The Bertz CT molecular complexity index is 1540. The Morgan fingerprint density at radius 3 is 2.52 bits per heavy atom. The monoisotopic (exact) mass is 445 g/mol. The fraction of sp³-hybridized carbons (Fsp3) is 0.240. The topological polar surface area (TPSA) is 104 Å². The van der Waals surface area contributed by atoms with Crippen molar-refractivity contribution in [3.63, 3.8) is 0 Å². The Morgan fingerprint density at radius 2 is 1.88 bits per heavy atom. The minimum Gasteiger partial charge on any atom is -0.496 e. The number of pyridine rings is 1. The maximum Gasteiger partial charge on any atom is 0.420 e. The summed E-state index contributed by atoms with van der Waals surface area (Å²) in [5.41, 5.74) is 6.16. The number of aliphatic hydroxyl groups excluding tert-OH is 1. The number of benzene rings is 2. The van der Waals surface area contributed by atoms with Gasteiger partial charge >= 0.3 is 5.76 Å². The van der Waals surface area contributed by atoms with Crippen LogP contribution >= 0.6 is 0 Å². The molecule has 0 unspecified atom stereocenters. The van der Waals surface area contributed by atoms with Gasteiger partial charge in [-0.1, -0.05) is 35.0 Å². The number of hydrogen-bond donors (Lipinski definition) is 1. The molecule has 0 saturated carbocycles. The third-order valence-electron chi connectivity index (χ3n) is 5.90. The Kier molecular flexibility index (Phi) is 5.02. The van der Waals surface area contributed by atoms with E-state index in [1.165, 1.54) is 0 Å². The molecule has 0 aliphatic carbocycles. The van der Waals surface area contributed by atoms with Gasteiger partial charge in [0.05, 0.1) is 37.0 Å². The van der Waals surface area contributed by atoms with Gasteiger partial charge in [-0.25, -0.2) is 9.78 Å². The van der Waals surface area contributed by atoms with E-state index in [0.29, 0.717) is 40.2 Å². The summed E-state index contributed by atoms with van der Waals surface area (Å²) >= 11 is 0. The first-order valence-electron chi connectivity index (χ1n) is 10.5. The minimum atomic E-state index is -0.511. The number of ether oxygens (including phenoxy) is 1. The molecule has 0 spiro atoms. The number of oxazole rings is 1. The van der Waals surface area contributed by atoms with Crippen molar-refractivity contribution >= 4 is 22.0 Å². The van der Waals surface area contributed by atoms with E-state index in [9.17, 15) is 9.90 Å². The minimum absolute atomic E-state index is 0.272. The van der Waals surface area contributed by atoms with E-state index in [1.807, 2.05) is 57.2 Å². The molecule has 1 N–H and O–H groups in total. The molecular formula is C25H23N3O5. The highest BCUT2D eigenvalue weighted by molar-refractivity contribution is 6.05. The van der Waals surface area contributed by atoms with Crippen LogP contribution in [0.1, 0.15) is 28.3 Å². The zero-order chi connectivity index (χ0) is 23.3. The van der Waals surface area contributed by atoms with Gasteiger partial charge in [-0.05, 0) is 38.5 Å². The van der Waals surface area contributed by atoms with E-state index in [4.69, 9.17) is 13.7 Å². The highest BCUT2D eigenvalue weighted by Crippen LogP contribution is 2.39. The summed E-state index contributed by atoms with van der Waals surface area (Å²) < 4.78 is 18.2. The van der Waals surface area contributed by atoms with E-state index in [2.05, 4.69) is 10.1 Å². The molecule has 33 heavy (non-hydrogen) atoms. The maximum atomic E-state index is 12.9. The third-order valence-corrected chi connectivity index (χ3v) is 5.90. The number of hydrogen-bond acceptors (Lipinski definition) is 7. The molecular weight excluding hydrogens is 422 g/mol. The van der Waals surface area contributed by atoms with Gasteiger partial charge in [0, 0.05) is 10.9 Å². The summed E-state index contributed by atoms with van der Waals surface area (Å²) in [7, 11) is 1.59. The van der Waals surface area contributed by atoms with Crippen LogP contribution < -0.4 is 10.5 Å². The van der Waals surface area contributed by atoms with Crippen molar-refractivity contribution in [1.29, 1.82) is 0 Å². The molecule has 0 bridgehead atoms. The molecule has 8 heteroatoms. The average Bonchev–Trinajstić information content (AvgIpc) is 3.32. The van der Waals surface area contributed by atoms with Crippen LogP contribution in [0.5, 0.6) is 5.75 Å². The molecule has 0 radical (unpaired) electrons. The lowest BCUT2D eigenvalue weighted by atomic mass is 10.00. The summed E-state index contributed by atoms with van der Waals surface area (Å²) in [5, 5.41) is 14.7. The van der Waals surface area contributed by atoms with E-state index >= 15 is 0 Å². The van der Waals surface area contributed by atoms with Gasteiger partial charge in [-0.3, -0.25) is 4.57 Å². The number of methoxy groups -OCH3 is 1. The Hall–Kier alpha value is -3.91. The molecule has 0 atom stereocenters. The highest BCUT2D eigenvalue weighted by atomic mass is 16.5. The van der Waals surface area contributed by atoms with Gasteiger partial charge in [0.15, 0.2) is 5.58 Å². The summed E-state index contributed by atoms with van der Waals surface area (Å²) in [6, 6.07) is 11.7. The average molecular weight is 445 g/mol. The molecule has 8 nitrogen and oxygen atoms in total. The fourth-order valence-electron chi connectivity index (χ4n) is 4.27. The van der Waals surface area contributed by atoms with Crippen molar-refractivity contribution in [2.24, 2.45) is 0 Å². The van der Waals surface area contributed by atoms with Crippen molar-refractivity contribution in [2.45, 2.75) is 33.9 Å². The fourth-order valence-corrected chi connectivity index (χ4v) is 4.27. The Labute approximate surface area is 189 Å². The number of nitrogens with zero attached hydrogens (tertiary/aromatic N) is 3. The summed E-state index contributed by atoms with van der Waals surface area (Å²) in [6.07, 6.45) is 0. The smallest absolute Gasteiger partial charge is 0.420 e. The standard InChI is InChI=1S/C25H23N3O5/c1-13-5-7-16(8-6-13)11-28-23-17-10-21(31-4)18(22-14(2)27-33-15(22)3)9-19(17)26-20(12-29)24(23)32-25(28)30/h5-10,29H,11-12H2,1-4H3. The van der Waals surface area contributed by atoms with Crippen LogP contribution in [-0.4, -0.2) is 26.9 Å². The van der Waals surface area contributed by atoms with Gasteiger partial charge in [0.1, 0.15) is 22.7 Å². The number of fused-ring (bicyclic) bond motifs is 3. The largest absolute Gasteiger partial charge is 0.496 e. The second kappa shape index (κ2) is 7.90. The normalized spacial score (nSPS) is 11.5. The summed E-state index contributed by atoms with van der Waals surface area (Å²) in [4.78, 5) is 17.5. The van der Waals surface area contributed by atoms with Crippen LogP contribution in [0.2, 0.25) is 0 Å². The van der Waals surface area contributed by atoms with Crippen LogP contribution in [0, 0.1) is 20.8 Å². The van der Waals surface area contributed by atoms with Gasteiger partial charge in [-0.2, -0.15) is 0 Å². The van der Waals surface area contributed by atoms with Gasteiger partial charge in [-0.15, -0.1) is 0 Å². The summed E-state index contributed by atoms with van der Waals surface area (Å²) in [5.74, 6) is 0.740. The van der Waals surface area contributed by atoms with Crippen molar-refractivity contribution in [2.75, 3.05) is 7.11 Å². The van der Waals surface area contributed by atoms with Gasteiger partial charge < -0.3 is 18.8 Å². The molecule has 0 aliphatic rings. The predicted octanol–water partition coefficient (Wildman–Crippen LogP) is 4.27. The van der Waals surface area contributed by atoms with Crippen molar-refractivity contribution in [3.8, 4) is 16.9 Å². The SMILES string of the molecule is COc1cc2c(cc1-c1c(C)noc1C)nc(CO)c1oc(=O)n(Cc3ccc(C)cc3)c12. The van der Waals surface area contributed by atoms with Crippen molar-refractivity contribution < 1.29 is 18.8 Å². The molecule has 3 heterocycles. The lowest BCUT2D eigenvalue weighted by molar-refractivity contribution is 0.277. The van der Waals surface area contributed by atoms with E-state index in [1.54, 1.807) is 11.7 Å². The summed E-state index contributed by atoms with van der Waals surface area (Å²) in [6.45, 7) is 5.67. The zero-order valence-electron chi connectivity index (χ0n) is 18.8. The second-order valence-corrected chi connectivity index (χ2v) is 8.10. The highest BCUT2D eigenvalue weighted by Gasteiger charge is 2.22. The molecule has 168 valence electrons. The molecule has 0 fully saturated rings. The first-order valence-corrected chi connectivity index (χ1v) is 10.5. The van der Waals surface area contributed by atoms with Crippen molar-refractivity contribution in [1.82, 2.24) is 14.7 Å². The number of aromatic nitrogens is 3. The molecule has 0 aliphatic heterocycles. The van der Waals surface area contributed by atoms with E-state index in [-0.39, 0.29) is 12.2 Å². The molecule has 0 amide bonds. The Balaban J connectivity index is 1.82. The lowest BCUT2D eigenvalue weighted by Gasteiger charge is -2.12. The lowest BCUT2D eigenvalue weighted by Crippen LogP contribution is -2.15. The molecule has 5 aromatic rings. The number of aryl methyl sites for hydroxylation is 3. The van der Waals surface area contributed by atoms with Crippen LogP contribution in [0.25, 0.3) is 33.1 Å². The van der Waals surface area contributed by atoms with Crippen molar-refractivity contribution in [3.05, 3.63) is 75.2 Å². The Morgan fingerprint density at radius 1 is 1.12 bits per heavy atom.